The molecule has 0 unspecified atom stereocenters. The molecule has 1 aliphatic rings. The Morgan fingerprint density at radius 1 is 1.32 bits per heavy atom. The second-order valence-electron chi connectivity index (χ2n) is 5.15. The number of nitrogens with zero attached hydrogens (tertiary/aromatic N) is 1. The van der Waals surface area contributed by atoms with Crippen LogP contribution < -0.4 is 10.7 Å². The minimum Gasteiger partial charge on any atom is -0.466 e. The zero-order valence-corrected chi connectivity index (χ0v) is 12.5. The maximum Gasteiger partial charge on any atom is 0.311 e. The van der Waals surface area contributed by atoms with Crippen LogP contribution in [0.3, 0.4) is 0 Å². The summed E-state index contributed by atoms with van der Waals surface area (Å²) >= 11 is 0. The van der Waals surface area contributed by atoms with Gasteiger partial charge in [0, 0.05) is 24.8 Å². The third-order valence-electron chi connectivity index (χ3n) is 3.72. The summed E-state index contributed by atoms with van der Waals surface area (Å²) in [7, 11) is 0. The number of fused-ring (bicyclic) bond motifs is 1. The number of hydrogen-bond donors (Lipinski definition) is 1. The van der Waals surface area contributed by atoms with E-state index in [-0.39, 0.29) is 17.8 Å². The normalized spacial score (nSPS) is 12.6. The average Bonchev–Trinajstić information content (AvgIpc) is 2.98. The van der Waals surface area contributed by atoms with Crippen LogP contribution in [0.25, 0.3) is 11.1 Å². The Labute approximate surface area is 128 Å². The maximum absolute atomic E-state index is 12.5. The van der Waals surface area contributed by atoms with Crippen LogP contribution in [-0.2, 0) is 22.5 Å². The fraction of sp³-hybridized carbons (Fsp3) is 0.294. The minimum atomic E-state index is -0.309. The first-order valence-corrected chi connectivity index (χ1v) is 7.42. The molecule has 1 N–H and O–H groups in total. The summed E-state index contributed by atoms with van der Waals surface area (Å²) in [5.41, 5.74) is 2.16. The first-order valence-electron chi connectivity index (χ1n) is 7.42. The van der Waals surface area contributed by atoms with Crippen molar-refractivity contribution >= 4 is 11.8 Å². The number of anilines is 1. The summed E-state index contributed by atoms with van der Waals surface area (Å²) < 4.78 is 6.99. The molecule has 114 valence electrons. The Bertz CT molecular complexity index is 750. The molecule has 0 spiro atoms. The first kappa shape index (κ1) is 14.4. The van der Waals surface area contributed by atoms with E-state index in [0.717, 1.165) is 24.5 Å². The van der Waals surface area contributed by atoms with E-state index in [4.69, 9.17) is 4.74 Å². The molecule has 5 nitrogen and oxygen atoms in total. The molecule has 0 saturated heterocycles. The second-order valence-corrected chi connectivity index (χ2v) is 5.15. The highest BCUT2D eigenvalue weighted by Crippen LogP contribution is 2.28. The SMILES string of the molecule is CCOC(=O)Cc1cc(=O)c(-c2ccccc2)c2n1CCN2. The largest absolute Gasteiger partial charge is 0.466 e. The van der Waals surface area contributed by atoms with Crippen molar-refractivity contribution in [1.82, 2.24) is 4.57 Å². The number of ether oxygens (including phenoxy) is 1. The highest BCUT2D eigenvalue weighted by molar-refractivity contribution is 5.78. The first-order chi connectivity index (χ1) is 10.7. The molecule has 0 fully saturated rings. The van der Waals surface area contributed by atoms with E-state index >= 15 is 0 Å². The van der Waals surface area contributed by atoms with Gasteiger partial charge < -0.3 is 14.6 Å². The summed E-state index contributed by atoms with van der Waals surface area (Å²) in [5, 5.41) is 3.26. The fourth-order valence-electron chi connectivity index (χ4n) is 2.81. The standard InChI is InChI=1S/C17H18N2O3/c1-2-22-15(21)11-13-10-14(20)16(12-6-4-3-5-7-12)17-18-8-9-19(13)17/h3-7,10,18H,2,8-9,11H2,1H3. The molecule has 2 heterocycles. The van der Waals surface area contributed by atoms with Gasteiger partial charge in [-0.05, 0) is 12.5 Å². The molecule has 0 amide bonds. The molecule has 0 radical (unpaired) electrons. The highest BCUT2D eigenvalue weighted by Gasteiger charge is 2.21. The molecular formula is C17H18N2O3. The Kier molecular flexibility index (Phi) is 3.96. The average molecular weight is 298 g/mol. The van der Waals surface area contributed by atoms with Crippen molar-refractivity contribution in [3.8, 4) is 11.1 Å². The van der Waals surface area contributed by atoms with E-state index in [0.29, 0.717) is 17.9 Å². The van der Waals surface area contributed by atoms with E-state index in [1.54, 1.807) is 13.0 Å². The van der Waals surface area contributed by atoms with Crippen LogP contribution in [0, 0.1) is 0 Å². The number of pyridine rings is 1. The lowest BCUT2D eigenvalue weighted by Gasteiger charge is -2.14. The van der Waals surface area contributed by atoms with Crippen LogP contribution in [0.1, 0.15) is 12.6 Å². The Morgan fingerprint density at radius 2 is 2.09 bits per heavy atom. The van der Waals surface area contributed by atoms with Crippen molar-refractivity contribution < 1.29 is 9.53 Å². The number of rotatable bonds is 4. The minimum absolute atomic E-state index is 0.0776. The van der Waals surface area contributed by atoms with E-state index in [9.17, 15) is 9.59 Å². The number of carbonyl (C=O) groups is 1. The topological polar surface area (TPSA) is 60.3 Å². The number of nitrogens with one attached hydrogen (secondary N) is 1. The maximum atomic E-state index is 12.5. The van der Waals surface area contributed by atoms with Crippen molar-refractivity contribution in [2.75, 3.05) is 18.5 Å². The van der Waals surface area contributed by atoms with Gasteiger partial charge >= 0.3 is 5.97 Å². The zero-order chi connectivity index (χ0) is 15.5. The smallest absolute Gasteiger partial charge is 0.311 e. The van der Waals surface area contributed by atoms with Gasteiger partial charge in [-0.15, -0.1) is 0 Å². The van der Waals surface area contributed by atoms with E-state index in [1.165, 1.54) is 0 Å². The number of aromatic nitrogens is 1. The lowest BCUT2D eigenvalue weighted by molar-refractivity contribution is -0.142. The predicted octanol–water partition coefficient (Wildman–Crippen LogP) is 2.05. The third-order valence-corrected chi connectivity index (χ3v) is 3.72. The lowest BCUT2D eigenvalue weighted by Crippen LogP contribution is -2.18. The molecule has 1 aromatic heterocycles. The lowest BCUT2D eigenvalue weighted by atomic mass is 10.0. The number of esters is 1. The Morgan fingerprint density at radius 3 is 2.82 bits per heavy atom. The second kappa shape index (κ2) is 6.05. The molecule has 0 saturated carbocycles. The van der Waals surface area contributed by atoms with E-state index in [1.807, 2.05) is 34.9 Å². The van der Waals surface area contributed by atoms with E-state index < -0.39 is 0 Å². The summed E-state index contributed by atoms with van der Waals surface area (Å²) in [5.74, 6) is 0.481. The van der Waals surface area contributed by atoms with Crippen LogP contribution in [0.15, 0.2) is 41.2 Å². The van der Waals surface area contributed by atoms with Gasteiger partial charge in [0.2, 0.25) is 0 Å². The number of hydrogen-bond acceptors (Lipinski definition) is 4. The van der Waals surface area contributed by atoms with Crippen molar-refractivity contribution in [2.45, 2.75) is 19.9 Å². The van der Waals surface area contributed by atoms with E-state index in [2.05, 4.69) is 5.32 Å². The van der Waals surface area contributed by atoms with Crippen molar-refractivity contribution in [2.24, 2.45) is 0 Å². The molecule has 0 bridgehead atoms. The molecule has 1 aliphatic heterocycles. The summed E-state index contributed by atoms with van der Waals surface area (Å²) in [4.78, 5) is 24.3. The molecule has 2 aromatic rings. The van der Waals surface area contributed by atoms with Crippen LogP contribution >= 0.6 is 0 Å². The summed E-state index contributed by atoms with van der Waals surface area (Å²) in [6, 6.07) is 11.1. The molecular weight excluding hydrogens is 280 g/mol. The molecule has 22 heavy (non-hydrogen) atoms. The van der Waals surface area contributed by atoms with Crippen LogP contribution in [-0.4, -0.2) is 23.7 Å². The van der Waals surface area contributed by atoms with Gasteiger partial charge in [0.05, 0.1) is 18.6 Å². The quantitative estimate of drug-likeness (QED) is 0.878. The molecule has 5 heteroatoms. The van der Waals surface area contributed by atoms with Crippen LogP contribution in [0.5, 0.6) is 0 Å². The third kappa shape index (κ3) is 2.62. The zero-order valence-electron chi connectivity index (χ0n) is 12.5. The predicted molar refractivity (Wildman–Crippen MR) is 85.0 cm³/mol. The molecule has 0 atom stereocenters. The van der Waals surface area contributed by atoms with Crippen molar-refractivity contribution in [1.29, 1.82) is 0 Å². The highest BCUT2D eigenvalue weighted by atomic mass is 16.5. The van der Waals surface area contributed by atoms with Gasteiger partial charge in [0.15, 0.2) is 5.43 Å². The molecule has 0 aliphatic carbocycles. The fourth-order valence-corrected chi connectivity index (χ4v) is 2.81. The number of carbonyl (C=O) groups excluding carboxylic acids is 1. The molecule has 1 aromatic carbocycles. The summed E-state index contributed by atoms with van der Waals surface area (Å²) in [6.07, 6.45) is 0.118. The van der Waals surface area contributed by atoms with Gasteiger partial charge in [-0.1, -0.05) is 30.3 Å². The van der Waals surface area contributed by atoms with Gasteiger partial charge in [0.25, 0.3) is 0 Å². The van der Waals surface area contributed by atoms with Crippen molar-refractivity contribution in [3.63, 3.8) is 0 Å². The van der Waals surface area contributed by atoms with Crippen LogP contribution in [0.2, 0.25) is 0 Å². The Balaban J connectivity index is 2.07. The Hall–Kier alpha value is -2.56. The molecule has 3 rings (SSSR count). The van der Waals surface area contributed by atoms with Gasteiger partial charge in [-0.3, -0.25) is 9.59 Å². The van der Waals surface area contributed by atoms with Gasteiger partial charge in [-0.25, -0.2) is 0 Å². The van der Waals surface area contributed by atoms with Crippen LogP contribution in [0.4, 0.5) is 5.82 Å². The van der Waals surface area contributed by atoms with Gasteiger partial charge in [-0.2, -0.15) is 0 Å². The monoisotopic (exact) mass is 298 g/mol. The van der Waals surface area contributed by atoms with Gasteiger partial charge in [0.1, 0.15) is 5.82 Å². The summed E-state index contributed by atoms with van der Waals surface area (Å²) in [6.45, 7) is 3.61. The van der Waals surface area contributed by atoms with Crippen molar-refractivity contribution in [3.05, 3.63) is 52.3 Å². The number of benzene rings is 1.